The number of carbonyl (C=O) groups is 2. The molecule has 3 aliphatic carbocycles. The zero-order chi connectivity index (χ0) is 36.8. The molecule has 4 heterocycles. The van der Waals surface area contributed by atoms with Crippen LogP contribution in [0.5, 0.6) is 11.5 Å². The van der Waals surface area contributed by atoms with Crippen LogP contribution in [0.3, 0.4) is 0 Å². The van der Waals surface area contributed by atoms with Gasteiger partial charge < -0.3 is 23.8 Å². The topological polar surface area (TPSA) is 110 Å². The van der Waals surface area contributed by atoms with E-state index in [9.17, 15) is 18.0 Å². The molecule has 0 spiro atoms. The second-order valence-electron chi connectivity index (χ2n) is 16.0. The van der Waals surface area contributed by atoms with Gasteiger partial charge in [0, 0.05) is 48.7 Å². The van der Waals surface area contributed by atoms with Crippen LogP contribution in [0, 0.1) is 12.8 Å². The Hall–Kier alpha value is -4.35. The van der Waals surface area contributed by atoms with Crippen LogP contribution in [0.2, 0.25) is 0 Å². The molecule has 2 saturated heterocycles. The van der Waals surface area contributed by atoms with E-state index in [-0.39, 0.29) is 40.5 Å². The number of likely N-dealkylation sites (N-methyl/N-ethyl adjacent to an activating group) is 1. The second kappa shape index (κ2) is 12.9. The van der Waals surface area contributed by atoms with Gasteiger partial charge in [0.2, 0.25) is 5.91 Å². The van der Waals surface area contributed by atoms with E-state index < -0.39 is 15.9 Å². The van der Waals surface area contributed by atoms with Gasteiger partial charge in [-0.1, -0.05) is 43.5 Å². The van der Waals surface area contributed by atoms with Crippen molar-refractivity contribution in [3.05, 3.63) is 87.7 Å². The maximum Gasteiger partial charge on any atom is 0.268 e. The number of rotatable bonds is 7. The molecule has 4 atom stereocenters. The Labute approximate surface area is 311 Å². The molecule has 53 heavy (non-hydrogen) atoms. The summed E-state index contributed by atoms with van der Waals surface area (Å²) < 4.78 is 43.5. The van der Waals surface area contributed by atoms with Crippen molar-refractivity contribution in [2.75, 3.05) is 34.4 Å². The first-order chi connectivity index (χ1) is 25.6. The van der Waals surface area contributed by atoms with Gasteiger partial charge in [-0.15, -0.1) is 0 Å². The Balaban J connectivity index is 1.18. The van der Waals surface area contributed by atoms with E-state index in [1.165, 1.54) is 38.0 Å². The highest BCUT2D eigenvalue weighted by atomic mass is 32.2. The van der Waals surface area contributed by atoms with Gasteiger partial charge >= 0.3 is 0 Å². The largest absolute Gasteiger partial charge is 0.496 e. The van der Waals surface area contributed by atoms with E-state index >= 15 is 0 Å². The standard InChI is InChI=1S/C42H48N4O6S/c1-24-13-18-36(35(19-24)52-4)53(49,50)43-41(47)39-32-23-45-33(20-31-34(51-3)17-16-28(40(31)45)25-9-6-5-7-10-25)37-29(38(32)39)11-8-12-30(37)42(48)46-26-14-15-27(46)22-44(2)21-26/h8,11,13,16-20,25-27,30,37H,5-7,9-10,12,14-15,21-23H2,1-4H3,(H,43,47)/t26?,27?,30-,37?/m1/s1. The van der Waals surface area contributed by atoms with Gasteiger partial charge in [-0.3, -0.25) is 9.59 Å². The van der Waals surface area contributed by atoms with Gasteiger partial charge in [0.1, 0.15) is 16.4 Å². The third-order valence-corrected chi connectivity index (χ3v) is 14.2. The average molecular weight is 737 g/mol. The highest BCUT2D eigenvalue weighted by Gasteiger charge is 2.51. The lowest BCUT2D eigenvalue weighted by Crippen LogP contribution is -2.56. The van der Waals surface area contributed by atoms with Gasteiger partial charge in [0.05, 0.1) is 31.2 Å². The van der Waals surface area contributed by atoms with E-state index in [2.05, 4.69) is 56.5 Å². The normalized spacial score (nSPS) is 25.5. The molecule has 6 aliphatic rings. The number of hydrogen-bond donors (Lipinski definition) is 1. The summed E-state index contributed by atoms with van der Waals surface area (Å²) in [6.07, 6.45) is 12.6. The van der Waals surface area contributed by atoms with Crippen LogP contribution in [-0.4, -0.2) is 81.0 Å². The van der Waals surface area contributed by atoms with E-state index in [4.69, 9.17) is 9.47 Å². The van der Waals surface area contributed by atoms with Crippen molar-refractivity contribution in [3.8, 4) is 11.5 Å². The first-order valence-electron chi connectivity index (χ1n) is 19.2. The predicted octanol–water partition coefficient (Wildman–Crippen LogP) is 6.10. The number of nitrogens with one attached hydrogen (secondary N) is 1. The molecule has 1 aromatic heterocycles. The Morgan fingerprint density at radius 3 is 2.36 bits per heavy atom. The minimum Gasteiger partial charge on any atom is -0.496 e. The average Bonchev–Trinajstić information content (AvgIpc) is 3.69. The van der Waals surface area contributed by atoms with Gasteiger partial charge in [0.25, 0.3) is 15.9 Å². The molecule has 0 radical (unpaired) electrons. The summed E-state index contributed by atoms with van der Waals surface area (Å²) >= 11 is 0. The van der Waals surface area contributed by atoms with Crippen LogP contribution in [0.25, 0.3) is 10.9 Å². The van der Waals surface area contributed by atoms with Crippen LogP contribution < -0.4 is 14.2 Å². The maximum absolute atomic E-state index is 14.9. The lowest BCUT2D eigenvalue weighted by molar-refractivity contribution is -0.141. The van der Waals surface area contributed by atoms with Crippen molar-refractivity contribution in [1.29, 1.82) is 0 Å². The minimum atomic E-state index is -4.26. The van der Waals surface area contributed by atoms with Gasteiger partial charge in [0.15, 0.2) is 0 Å². The summed E-state index contributed by atoms with van der Waals surface area (Å²) in [5.74, 6) is 0.226. The lowest BCUT2D eigenvalue weighted by atomic mass is 9.75. The Morgan fingerprint density at radius 2 is 1.64 bits per heavy atom. The molecular weight excluding hydrogens is 689 g/mol. The number of nitrogens with zero attached hydrogens (tertiary/aromatic N) is 3. The zero-order valence-electron chi connectivity index (χ0n) is 31.0. The molecule has 1 saturated carbocycles. The summed E-state index contributed by atoms with van der Waals surface area (Å²) in [6.45, 7) is 4.01. The molecule has 11 heteroatoms. The number of aryl methyl sites for hydroxylation is 1. The van der Waals surface area contributed by atoms with E-state index in [0.29, 0.717) is 24.5 Å². The van der Waals surface area contributed by atoms with Gasteiger partial charge in [-0.2, -0.15) is 0 Å². The predicted molar refractivity (Wildman–Crippen MR) is 203 cm³/mol. The van der Waals surface area contributed by atoms with Gasteiger partial charge in [-0.05, 0) is 104 Å². The van der Waals surface area contributed by atoms with Crippen molar-refractivity contribution >= 4 is 32.7 Å². The molecule has 9 rings (SSSR count). The Morgan fingerprint density at radius 1 is 0.906 bits per heavy atom. The van der Waals surface area contributed by atoms with Crippen molar-refractivity contribution in [2.45, 2.75) is 93.7 Å². The number of fused-ring (bicyclic) bond motifs is 8. The summed E-state index contributed by atoms with van der Waals surface area (Å²) in [5.41, 5.74) is 7.20. The Bertz CT molecular complexity index is 2250. The summed E-state index contributed by atoms with van der Waals surface area (Å²) in [4.78, 5) is 33.6. The fourth-order valence-electron chi connectivity index (χ4n) is 10.4. The van der Waals surface area contributed by atoms with Gasteiger partial charge in [-0.25, -0.2) is 13.1 Å². The van der Waals surface area contributed by atoms with E-state index in [1.807, 2.05) is 6.92 Å². The molecule has 3 aromatic rings. The van der Waals surface area contributed by atoms with Crippen LogP contribution in [0.1, 0.15) is 80.0 Å². The number of likely N-dealkylation sites (tertiary alicyclic amines) is 1. The number of benzene rings is 2. The number of hydrogen-bond acceptors (Lipinski definition) is 7. The first-order valence-corrected chi connectivity index (χ1v) is 20.6. The number of ether oxygens (including phenoxy) is 2. The molecule has 3 aliphatic heterocycles. The number of methoxy groups -OCH3 is 2. The smallest absolute Gasteiger partial charge is 0.268 e. The van der Waals surface area contributed by atoms with Crippen LogP contribution in [-0.2, 0) is 26.2 Å². The number of allylic oxidation sites excluding steroid dienone is 4. The van der Waals surface area contributed by atoms with Crippen molar-refractivity contribution in [1.82, 2.24) is 19.1 Å². The number of sulfonamides is 1. The molecule has 1 N–H and O–H groups in total. The van der Waals surface area contributed by atoms with E-state index in [0.717, 1.165) is 83.4 Å². The third-order valence-electron chi connectivity index (χ3n) is 12.8. The SMILES string of the molecule is COc1cc(C)ccc1S(=O)(=O)NC(=O)C1=C2Cn3c(cc4c(OC)ccc(C5CCCCC5)c43)C3C(=C21)C=CC[C@H]3C(=O)N1C2CCC1CN(C)C2. The van der Waals surface area contributed by atoms with Crippen molar-refractivity contribution < 1.29 is 27.5 Å². The van der Waals surface area contributed by atoms with E-state index in [1.54, 1.807) is 19.2 Å². The highest BCUT2D eigenvalue weighted by Crippen LogP contribution is 2.56. The maximum atomic E-state index is 14.9. The van der Waals surface area contributed by atoms with Crippen molar-refractivity contribution in [2.24, 2.45) is 5.92 Å². The van der Waals surface area contributed by atoms with Crippen LogP contribution in [0.4, 0.5) is 0 Å². The zero-order valence-corrected chi connectivity index (χ0v) is 31.8. The number of piperazine rings is 1. The highest BCUT2D eigenvalue weighted by molar-refractivity contribution is 7.90. The molecule has 2 aromatic carbocycles. The molecular formula is C42H48N4O6S. The van der Waals surface area contributed by atoms with Crippen LogP contribution >= 0.6 is 0 Å². The summed E-state index contributed by atoms with van der Waals surface area (Å²) in [6, 6.07) is 11.7. The third kappa shape index (κ3) is 5.56. The summed E-state index contributed by atoms with van der Waals surface area (Å²) in [7, 11) is 1.01. The molecule has 2 amide bonds. The van der Waals surface area contributed by atoms with Crippen molar-refractivity contribution in [3.63, 3.8) is 0 Å². The number of amides is 2. The Kier molecular flexibility index (Phi) is 8.38. The number of aromatic nitrogens is 1. The monoisotopic (exact) mass is 736 g/mol. The molecule has 3 unspecified atom stereocenters. The number of carbonyl (C=O) groups excluding carboxylic acids is 2. The van der Waals surface area contributed by atoms with Crippen LogP contribution in [0.15, 0.2) is 75.7 Å². The minimum absolute atomic E-state index is 0.0890. The quantitative estimate of drug-likeness (QED) is 0.312. The second-order valence-corrected chi connectivity index (χ2v) is 17.6. The molecule has 278 valence electrons. The molecule has 10 nitrogen and oxygen atoms in total. The lowest BCUT2D eigenvalue weighted by Gasteiger charge is -2.43. The molecule has 3 fully saturated rings. The first kappa shape index (κ1) is 34.4. The molecule has 2 bridgehead atoms. The fourth-order valence-corrected chi connectivity index (χ4v) is 11.5. The summed E-state index contributed by atoms with van der Waals surface area (Å²) in [5, 5.41) is 1.02. The fraction of sp³-hybridized carbons (Fsp3) is 0.476.